The quantitative estimate of drug-likeness (QED) is 0.692. The fourth-order valence-corrected chi connectivity index (χ4v) is 2.32. The molecule has 0 saturated carbocycles. The molecule has 3 rings (SSSR count). The Morgan fingerprint density at radius 1 is 1.26 bits per heavy atom. The van der Waals surface area contributed by atoms with Gasteiger partial charge in [-0.05, 0) is 35.9 Å². The highest BCUT2D eigenvalue weighted by Gasteiger charge is 2.25. The van der Waals surface area contributed by atoms with Crippen LogP contribution in [0.1, 0.15) is 11.1 Å². The number of phenolic OH excluding ortho intramolecular Hbond substituents is 1. The molecule has 1 heterocycles. The maximum atomic E-state index is 12.0. The zero-order chi connectivity index (χ0) is 16.4. The van der Waals surface area contributed by atoms with Crippen molar-refractivity contribution in [2.24, 2.45) is 4.99 Å². The van der Waals surface area contributed by atoms with E-state index in [0.29, 0.717) is 21.9 Å². The third-order valence-electron chi connectivity index (χ3n) is 3.23. The van der Waals surface area contributed by atoms with E-state index in [-0.39, 0.29) is 17.3 Å². The van der Waals surface area contributed by atoms with Crippen LogP contribution in [0, 0.1) is 0 Å². The van der Waals surface area contributed by atoms with Crippen molar-refractivity contribution in [3.05, 3.63) is 64.3 Å². The van der Waals surface area contributed by atoms with Crippen molar-refractivity contribution in [3.8, 4) is 11.5 Å². The van der Waals surface area contributed by atoms with Gasteiger partial charge in [0.1, 0.15) is 0 Å². The summed E-state index contributed by atoms with van der Waals surface area (Å²) < 4.78 is 10.2. The van der Waals surface area contributed by atoms with Gasteiger partial charge in [-0.3, -0.25) is 0 Å². The standard InChI is InChI=1S/C17H12ClNO4/c1-22-15-9-10(6-7-14(15)20)8-13-17(21)23-16(19-13)11-4-2-3-5-12(11)18/h2-9,20H,1H3/b13-8+. The summed E-state index contributed by atoms with van der Waals surface area (Å²) in [6, 6.07) is 11.7. The van der Waals surface area contributed by atoms with Gasteiger partial charge in [0.05, 0.1) is 17.7 Å². The van der Waals surface area contributed by atoms with Gasteiger partial charge in [-0.25, -0.2) is 9.79 Å². The van der Waals surface area contributed by atoms with Crippen LogP contribution in [0.5, 0.6) is 11.5 Å². The number of rotatable bonds is 3. The number of hydrogen-bond donors (Lipinski definition) is 1. The number of benzene rings is 2. The van der Waals surface area contributed by atoms with Crippen molar-refractivity contribution < 1.29 is 19.4 Å². The predicted molar refractivity (Wildman–Crippen MR) is 86.7 cm³/mol. The largest absolute Gasteiger partial charge is 0.504 e. The minimum Gasteiger partial charge on any atom is -0.504 e. The van der Waals surface area contributed by atoms with Gasteiger partial charge in [0.25, 0.3) is 0 Å². The summed E-state index contributed by atoms with van der Waals surface area (Å²) in [5.74, 6) is -0.0746. The van der Waals surface area contributed by atoms with Crippen LogP contribution in [0.2, 0.25) is 5.02 Å². The van der Waals surface area contributed by atoms with E-state index in [4.69, 9.17) is 21.1 Å². The molecule has 2 aromatic carbocycles. The van der Waals surface area contributed by atoms with Crippen LogP contribution >= 0.6 is 11.6 Å². The Morgan fingerprint density at radius 3 is 2.78 bits per heavy atom. The van der Waals surface area contributed by atoms with Crippen LogP contribution in [-0.4, -0.2) is 24.1 Å². The molecule has 0 fully saturated rings. The van der Waals surface area contributed by atoms with Crippen LogP contribution in [0.15, 0.2) is 53.2 Å². The molecule has 5 nitrogen and oxygen atoms in total. The number of aliphatic imine (C=N–C) groups is 1. The normalized spacial score (nSPS) is 15.5. The van der Waals surface area contributed by atoms with Crippen molar-refractivity contribution in [1.82, 2.24) is 0 Å². The van der Waals surface area contributed by atoms with Gasteiger partial charge in [-0.15, -0.1) is 0 Å². The predicted octanol–water partition coefficient (Wildman–Crippen LogP) is 3.40. The van der Waals surface area contributed by atoms with E-state index in [0.717, 1.165) is 0 Å². The van der Waals surface area contributed by atoms with Crippen LogP contribution in [0.25, 0.3) is 6.08 Å². The molecule has 6 heteroatoms. The molecule has 0 amide bonds. The summed E-state index contributed by atoms with van der Waals surface area (Å²) >= 11 is 6.08. The van der Waals surface area contributed by atoms with Crippen LogP contribution in [0.3, 0.4) is 0 Å². The molecule has 23 heavy (non-hydrogen) atoms. The maximum Gasteiger partial charge on any atom is 0.363 e. The monoisotopic (exact) mass is 329 g/mol. The molecular weight excluding hydrogens is 318 g/mol. The first-order chi connectivity index (χ1) is 11.1. The number of cyclic esters (lactones) is 1. The van der Waals surface area contributed by atoms with Gasteiger partial charge in [0, 0.05) is 0 Å². The van der Waals surface area contributed by atoms with Crippen molar-refractivity contribution in [2.45, 2.75) is 0 Å². The number of hydrogen-bond acceptors (Lipinski definition) is 5. The number of methoxy groups -OCH3 is 1. The number of carbonyl (C=O) groups is 1. The molecule has 2 aromatic rings. The molecule has 0 atom stereocenters. The highest BCUT2D eigenvalue weighted by Crippen LogP contribution is 2.28. The zero-order valence-electron chi connectivity index (χ0n) is 12.1. The first-order valence-corrected chi connectivity index (χ1v) is 7.11. The third kappa shape index (κ3) is 3.05. The lowest BCUT2D eigenvalue weighted by atomic mass is 10.1. The van der Waals surface area contributed by atoms with Crippen LogP contribution in [0.4, 0.5) is 0 Å². The number of aromatic hydroxyl groups is 1. The molecule has 0 aromatic heterocycles. The van der Waals surface area contributed by atoms with Gasteiger partial charge in [0.2, 0.25) is 5.90 Å². The van der Waals surface area contributed by atoms with Gasteiger partial charge >= 0.3 is 5.97 Å². The summed E-state index contributed by atoms with van der Waals surface area (Å²) in [4.78, 5) is 16.2. The summed E-state index contributed by atoms with van der Waals surface area (Å²) in [6.45, 7) is 0. The molecule has 0 radical (unpaired) electrons. The fourth-order valence-electron chi connectivity index (χ4n) is 2.10. The average Bonchev–Trinajstić information content (AvgIpc) is 2.90. The van der Waals surface area contributed by atoms with E-state index in [1.807, 2.05) is 0 Å². The Kier molecular flexibility index (Phi) is 4.04. The van der Waals surface area contributed by atoms with Gasteiger partial charge in [-0.1, -0.05) is 29.8 Å². The lowest BCUT2D eigenvalue weighted by Gasteiger charge is -2.03. The topological polar surface area (TPSA) is 68.1 Å². The van der Waals surface area contributed by atoms with Gasteiger partial charge in [0.15, 0.2) is 17.2 Å². The molecule has 116 valence electrons. The first kappa shape index (κ1) is 15.1. The van der Waals surface area contributed by atoms with Crippen molar-refractivity contribution in [1.29, 1.82) is 0 Å². The number of carbonyl (C=O) groups excluding carboxylic acids is 1. The summed E-state index contributed by atoms with van der Waals surface area (Å²) in [5.41, 5.74) is 1.35. The number of ether oxygens (including phenoxy) is 2. The number of esters is 1. The molecule has 0 unspecified atom stereocenters. The van der Waals surface area contributed by atoms with Crippen molar-refractivity contribution in [3.63, 3.8) is 0 Å². The van der Waals surface area contributed by atoms with E-state index in [1.54, 1.807) is 42.5 Å². The average molecular weight is 330 g/mol. The molecule has 1 aliphatic heterocycles. The Bertz CT molecular complexity index is 842. The second-order valence-corrected chi connectivity index (χ2v) is 5.15. The molecular formula is C17H12ClNO4. The lowest BCUT2D eigenvalue weighted by Crippen LogP contribution is -2.05. The minimum absolute atomic E-state index is 0.0175. The van der Waals surface area contributed by atoms with Crippen LogP contribution in [-0.2, 0) is 9.53 Å². The summed E-state index contributed by atoms with van der Waals surface area (Å²) in [5, 5.41) is 10.0. The van der Waals surface area contributed by atoms with E-state index in [9.17, 15) is 9.90 Å². The van der Waals surface area contributed by atoms with E-state index >= 15 is 0 Å². The molecule has 1 N–H and O–H groups in total. The van der Waals surface area contributed by atoms with Gasteiger partial charge in [-0.2, -0.15) is 0 Å². The number of halogens is 1. The smallest absolute Gasteiger partial charge is 0.363 e. The first-order valence-electron chi connectivity index (χ1n) is 6.73. The zero-order valence-corrected chi connectivity index (χ0v) is 12.9. The fraction of sp³-hybridized carbons (Fsp3) is 0.0588. The minimum atomic E-state index is -0.563. The molecule has 0 aliphatic carbocycles. The highest BCUT2D eigenvalue weighted by molar-refractivity contribution is 6.34. The maximum absolute atomic E-state index is 12.0. The Balaban J connectivity index is 1.97. The Hall–Kier alpha value is -2.79. The van der Waals surface area contributed by atoms with E-state index in [1.165, 1.54) is 13.2 Å². The van der Waals surface area contributed by atoms with E-state index < -0.39 is 5.97 Å². The summed E-state index contributed by atoms with van der Waals surface area (Å²) in [6.07, 6.45) is 1.55. The molecule has 0 saturated heterocycles. The number of nitrogens with zero attached hydrogens (tertiary/aromatic N) is 1. The van der Waals surface area contributed by atoms with E-state index in [2.05, 4.69) is 4.99 Å². The van der Waals surface area contributed by atoms with Crippen LogP contribution < -0.4 is 4.74 Å². The third-order valence-corrected chi connectivity index (χ3v) is 3.56. The Labute approximate surface area is 137 Å². The second-order valence-electron chi connectivity index (χ2n) is 4.75. The SMILES string of the molecule is COc1cc(/C=C2/N=C(c3ccccc3Cl)OC2=O)ccc1O. The number of phenols is 1. The molecule has 0 spiro atoms. The Morgan fingerprint density at radius 2 is 2.04 bits per heavy atom. The van der Waals surface area contributed by atoms with Gasteiger partial charge < -0.3 is 14.6 Å². The van der Waals surface area contributed by atoms with Crippen molar-refractivity contribution >= 4 is 29.5 Å². The van der Waals surface area contributed by atoms with Crippen molar-refractivity contribution in [2.75, 3.05) is 7.11 Å². The lowest BCUT2D eigenvalue weighted by molar-refractivity contribution is -0.129. The molecule has 0 bridgehead atoms. The summed E-state index contributed by atoms with van der Waals surface area (Å²) in [7, 11) is 1.45. The second kappa shape index (κ2) is 6.14. The highest BCUT2D eigenvalue weighted by atomic mass is 35.5. The molecule has 1 aliphatic rings.